The van der Waals surface area contributed by atoms with Gasteiger partial charge in [0.15, 0.2) is 0 Å². The molecule has 19 unspecified atom stereocenters. The molecule has 10 aliphatic rings. The SMILES string of the molecule is C.C.C.C.C1CC2C3CCC(C3)C2C1.CC.CC.CC(O)C(C)O.CC1C2CCC(C2)C1C.CC1CC2OC2CC1C.CC1CC=CCC1C.CC1CCC(C)CC1.CC1CCCCC1C.CCC(C)(CC)OC(C)=O.CCC(C)(O)CC.CCC(C)CC.CCC(C)O.CCCCCCCCCC. The second-order valence-electron chi connectivity index (χ2n) is 34.5. The molecule has 636 valence electrons. The third-order valence-corrected chi connectivity index (χ3v) is 26.1. The van der Waals surface area contributed by atoms with Crippen LogP contribution in [0.5, 0.6) is 0 Å². The van der Waals surface area contributed by atoms with Crippen LogP contribution in [-0.4, -0.2) is 68.1 Å². The van der Waals surface area contributed by atoms with Gasteiger partial charge in [-0.2, -0.15) is 0 Å². The molecule has 104 heavy (non-hydrogen) atoms. The van der Waals surface area contributed by atoms with Crippen LogP contribution in [0, 0.1) is 101 Å². The molecule has 9 aliphatic carbocycles. The summed E-state index contributed by atoms with van der Waals surface area (Å²) in [6.07, 6.45) is 54.2. The summed E-state index contributed by atoms with van der Waals surface area (Å²) < 4.78 is 10.5. The number of ether oxygens (including phenoxy) is 2. The van der Waals surface area contributed by atoms with Crippen LogP contribution in [0.25, 0.3) is 0 Å². The highest BCUT2D eigenvalue weighted by Crippen LogP contribution is 2.58. The predicted octanol–water partition coefficient (Wildman–Crippen LogP) is 31.0. The fourth-order valence-corrected chi connectivity index (χ4v) is 15.2. The number of aliphatic hydroxyl groups excluding tert-OH is 3. The number of rotatable bonds is 16. The Morgan fingerprint density at radius 1 is 0.433 bits per heavy atom. The fourth-order valence-electron chi connectivity index (χ4n) is 15.2. The molecule has 0 aromatic rings. The summed E-state index contributed by atoms with van der Waals surface area (Å²) in [5.74, 6) is 17.5. The van der Waals surface area contributed by atoms with Gasteiger partial charge in [-0.25, -0.2) is 0 Å². The average molecular weight is 1480 g/mol. The molecular formula is C97H206O7. The molecule has 0 radical (unpaired) electrons. The summed E-state index contributed by atoms with van der Waals surface area (Å²) in [6, 6.07) is 0. The van der Waals surface area contributed by atoms with Crippen molar-refractivity contribution in [3.8, 4) is 0 Å². The standard InChI is InChI=1S/C10H16.C10H22.C9H16.C8H16O2.C8H14O.2C8H16.C8H14.C6H14O.C6H14.C4H10O2.C4H10O.2C2H6.4CH4/c1-2-9-7-4-5-8(6-7)10(9)3-1;1-3-5-7-9-10-8-6-4-2;1-6-7(2)9-4-3-8(6)5-9;1-5-8(4,6-2)10-7(3)9;1-5-3-7-8(9-7)4-6(5)2;1-7-3-5-8(2)6-4-7;2*1-7-5-3-4-6-8(7)2;1-4-6(3,7)5-2;1-4-6(3)5-2;1-3(5)4(2)6;1-3-4(2)5;2*1-2;;;;/h7-10H,1-6H2;3-10H2,1-2H3;6-9H,3-5H2,1-2H3;5-6H2,1-4H3;5-8H,3-4H2,1-2H3;2*7-8H,3-6H2,1-2H3;3-4,7-8H,5-6H2,1-2H3;7H,4-5H2,1-3H3;6H,4-5H2,1-3H3;3-6H,1-2H3;4-5H,3H2,1-2H3;2*1-2H3;4*1H4. The first kappa shape index (κ1) is 119. The maximum atomic E-state index is 10.6. The molecule has 19 atom stereocenters. The quantitative estimate of drug-likeness (QED) is 0.0526. The number of aliphatic hydroxyl groups is 4. The van der Waals surface area contributed by atoms with Crippen molar-refractivity contribution < 1.29 is 34.7 Å². The van der Waals surface area contributed by atoms with Gasteiger partial charge in [0.05, 0.1) is 36.1 Å². The van der Waals surface area contributed by atoms with Gasteiger partial charge in [0.1, 0.15) is 5.60 Å². The van der Waals surface area contributed by atoms with Gasteiger partial charge in [0.2, 0.25) is 0 Å². The summed E-state index contributed by atoms with van der Waals surface area (Å²) >= 11 is 0. The highest BCUT2D eigenvalue weighted by Gasteiger charge is 2.49. The van der Waals surface area contributed by atoms with Crippen LogP contribution in [0.2, 0.25) is 0 Å². The van der Waals surface area contributed by atoms with Crippen molar-refractivity contribution in [1.29, 1.82) is 0 Å². The van der Waals surface area contributed by atoms with Crippen LogP contribution < -0.4 is 0 Å². The number of carbonyl (C=O) groups excluding carboxylic acids is 1. The van der Waals surface area contributed by atoms with E-state index in [4.69, 9.17) is 29.9 Å². The number of carbonyl (C=O) groups is 1. The summed E-state index contributed by atoms with van der Waals surface area (Å²) in [5, 5.41) is 34.3. The van der Waals surface area contributed by atoms with Gasteiger partial charge in [0, 0.05) is 6.92 Å². The van der Waals surface area contributed by atoms with Crippen LogP contribution in [0.15, 0.2) is 12.2 Å². The lowest BCUT2D eigenvalue weighted by atomic mass is 9.82. The molecule has 1 aliphatic heterocycles. The van der Waals surface area contributed by atoms with E-state index in [9.17, 15) is 4.79 Å². The zero-order valence-electron chi connectivity index (χ0n) is 73.8. The van der Waals surface area contributed by atoms with E-state index in [-0.39, 0.29) is 47.4 Å². The number of hydrogen-bond acceptors (Lipinski definition) is 7. The Labute approximate surface area is 660 Å². The molecule has 4 bridgehead atoms. The second-order valence-corrected chi connectivity index (χ2v) is 34.5. The van der Waals surface area contributed by atoms with E-state index in [0.717, 1.165) is 109 Å². The molecule has 0 aromatic heterocycles. The topological polar surface area (TPSA) is 120 Å². The van der Waals surface area contributed by atoms with Crippen molar-refractivity contribution in [3.63, 3.8) is 0 Å². The van der Waals surface area contributed by atoms with Gasteiger partial charge in [-0.1, -0.05) is 330 Å². The monoisotopic (exact) mass is 1480 g/mol. The second kappa shape index (κ2) is 72.3. The molecule has 8 saturated carbocycles. The number of epoxide rings is 1. The molecule has 10 rings (SSSR count). The van der Waals surface area contributed by atoms with Gasteiger partial charge in [-0.3, -0.25) is 4.79 Å². The highest BCUT2D eigenvalue weighted by atomic mass is 16.6. The van der Waals surface area contributed by atoms with Gasteiger partial charge in [-0.05, 0) is 244 Å². The maximum Gasteiger partial charge on any atom is 0.303 e. The van der Waals surface area contributed by atoms with Crippen LogP contribution in [0.4, 0.5) is 0 Å². The molecule has 0 spiro atoms. The Bertz CT molecular complexity index is 1680. The first-order valence-corrected chi connectivity index (χ1v) is 44.5. The number of esters is 1. The summed E-state index contributed by atoms with van der Waals surface area (Å²) in [5.41, 5.74) is -0.661. The minimum absolute atomic E-state index is 0. The summed E-state index contributed by atoms with van der Waals surface area (Å²) in [7, 11) is 0. The van der Waals surface area contributed by atoms with E-state index in [0.29, 0.717) is 12.2 Å². The average Bonchev–Trinajstić information content (AvgIpc) is 1.64. The Morgan fingerprint density at radius 3 is 0.962 bits per heavy atom. The molecule has 4 N–H and O–H groups in total. The van der Waals surface area contributed by atoms with E-state index in [1.54, 1.807) is 65.7 Å². The molecule has 1 heterocycles. The van der Waals surface area contributed by atoms with Crippen molar-refractivity contribution in [1.82, 2.24) is 0 Å². The first-order chi connectivity index (χ1) is 47.2. The lowest BCUT2D eigenvalue weighted by Gasteiger charge is -2.25. The van der Waals surface area contributed by atoms with E-state index in [2.05, 4.69) is 116 Å². The minimum atomic E-state index is -0.593. The molecule has 7 heteroatoms. The zero-order chi connectivity index (χ0) is 77.6. The zero-order valence-corrected chi connectivity index (χ0v) is 73.8. The van der Waals surface area contributed by atoms with E-state index in [1.165, 1.54) is 185 Å². The van der Waals surface area contributed by atoms with Crippen molar-refractivity contribution >= 4 is 5.97 Å². The van der Waals surface area contributed by atoms with Gasteiger partial charge < -0.3 is 29.9 Å². The molecule has 1 saturated heterocycles. The third kappa shape index (κ3) is 58.9. The van der Waals surface area contributed by atoms with Crippen LogP contribution in [0.3, 0.4) is 0 Å². The van der Waals surface area contributed by atoms with Crippen LogP contribution in [0.1, 0.15) is 469 Å². The van der Waals surface area contributed by atoms with E-state index < -0.39 is 17.8 Å². The molecule has 7 nitrogen and oxygen atoms in total. The van der Waals surface area contributed by atoms with Gasteiger partial charge >= 0.3 is 5.97 Å². The Kier molecular flexibility index (Phi) is 82.5. The largest absolute Gasteiger partial charge is 0.460 e. The molecule has 0 amide bonds. The number of allylic oxidation sites excluding steroid dienone is 2. The summed E-state index contributed by atoms with van der Waals surface area (Å²) in [6.45, 7) is 63.1. The molecule has 0 aromatic carbocycles. The van der Waals surface area contributed by atoms with E-state index in [1.807, 2.05) is 76.2 Å². The number of hydrogen-bond donors (Lipinski definition) is 4. The molecular weight excluding hydrogens is 1280 g/mol. The third-order valence-electron chi connectivity index (χ3n) is 26.1. The van der Waals surface area contributed by atoms with E-state index >= 15 is 0 Å². The Hall–Kier alpha value is -0.990. The van der Waals surface area contributed by atoms with Crippen molar-refractivity contribution in [2.45, 2.75) is 510 Å². The first-order valence-electron chi connectivity index (χ1n) is 44.5. The van der Waals surface area contributed by atoms with Crippen molar-refractivity contribution in [3.05, 3.63) is 12.2 Å². The van der Waals surface area contributed by atoms with Crippen LogP contribution >= 0.6 is 0 Å². The Morgan fingerprint density at radius 2 is 0.750 bits per heavy atom. The van der Waals surface area contributed by atoms with Gasteiger partial charge in [0.25, 0.3) is 0 Å². The minimum Gasteiger partial charge on any atom is -0.460 e. The lowest BCUT2D eigenvalue weighted by molar-refractivity contribution is -0.155. The Balaban J connectivity index is -0.000000161. The number of unbranched alkanes of at least 4 members (excludes halogenated alkanes) is 7. The fraction of sp³-hybridized carbons (Fsp3) is 0.969. The highest BCUT2D eigenvalue weighted by molar-refractivity contribution is 5.66. The van der Waals surface area contributed by atoms with Crippen molar-refractivity contribution in [2.75, 3.05) is 0 Å². The molecule has 9 fully saturated rings. The van der Waals surface area contributed by atoms with Crippen molar-refractivity contribution in [2.24, 2.45) is 101 Å². The maximum absolute atomic E-state index is 10.6. The summed E-state index contributed by atoms with van der Waals surface area (Å²) in [4.78, 5) is 10.6. The lowest BCUT2D eigenvalue weighted by Crippen LogP contribution is -2.28. The normalized spacial score (nSPS) is 29.8. The number of fused-ring (bicyclic) bond motifs is 8. The smallest absolute Gasteiger partial charge is 0.303 e. The van der Waals surface area contributed by atoms with Gasteiger partial charge in [-0.15, -0.1) is 0 Å². The predicted molar refractivity (Wildman–Crippen MR) is 472 cm³/mol. The van der Waals surface area contributed by atoms with Crippen LogP contribution in [-0.2, 0) is 14.3 Å².